The van der Waals surface area contributed by atoms with Crippen LogP contribution in [0.5, 0.6) is 0 Å². The minimum absolute atomic E-state index is 0.464. The van der Waals surface area contributed by atoms with Crippen LogP contribution in [0, 0.1) is 6.92 Å². The quantitative estimate of drug-likeness (QED) is 0.933. The highest BCUT2D eigenvalue weighted by Gasteiger charge is 2.16. The summed E-state index contributed by atoms with van der Waals surface area (Å²) in [4.78, 5) is 13.6. The van der Waals surface area contributed by atoms with Gasteiger partial charge in [-0.05, 0) is 31.0 Å². The van der Waals surface area contributed by atoms with Crippen LogP contribution >= 0.6 is 0 Å². The Hall–Kier alpha value is -2.14. The number of likely N-dealkylation sites (N-methyl/N-ethyl adjacent to an activating group) is 1. The Morgan fingerprint density at radius 3 is 2.54 bits per heavy atom. The summed E-state index contributed by atoms with van der Waals surface area (Å²) in [6.45, 7) is 10.7. The van der Waals surface area contributed by atoms with Crippen molar-refractivity contribution < 1.29 is 0 Å². The molecule has 0 saturated carbocycles. The minimum Gasteiger partial charge on any atom is -0.354 e. The zero-order chi connectivity index (χ0) is 17.1. The van der Waals surface area contributed by atoms with E-state index in [4.69, 9.17) is 0 Å². The maximum atomic E-state index is 4.47. The Balaban J connectivity index is 1.83. The summed E-state index contributed by atoms with van der Waals surface area (Å²) in [5.74, 6) is 2.32. The maximum absolute atomic E-state index is 4.47. The van der Waals surface area contributed by atoms with E-state index in [9.17, 15) is 0 Å². The average molecular weight is 325 g/mol. The lowest BCUT2D eigenvalue weighted by molar-refractivity contribution is 0.312. The van der Waals surface area contributed by atoms with Crippen LogP contribution in [0.25, 0.3) is 0 Å². The van der Waals surface area contributed by atoms with Crippen molar-refractivity contribution in [3.8, 4) is 0 Å². The molecular weight excluding hydrogens is 298 g/mol. The van der Waals surface area contributed by atoms with Gasteiger partial charge >= 0.3 is 0 Å². The summed E-state index contributed by atoms with van der Waals surface area (Å²) in [6, 6.07) is 8.49. The van der Waals surface area contributed by atoms with E-state index in [2.05, 4.69) is 77.2 Å². The van der Waals surface area contributed by atoms with Crippen LogP contribution in [-0.2, 0) is 0 Å². The maximum Gasteiger partial charge on any atom is 0.135 e. The number of anilines is 3. The third kappa shape index (κ3) is 3.67. The van der Waals surface area contributed by atoms with Crippen molar-refractivity contribution in [1.82, 2.24) is 14.9 Å². The van der Waals surface area contributed by atoms with Gasteiger partial charge in [0.2, 0.25) is 0 Å². The number of aromatic nitrogens is 2. The van der Waals surface area contributed by atoms with Crippen molar-refractivity contribution in [2.75, 3.05) is 43.4 Å². The number of nitrogens with one attached hydrogen (secondary N) is 1. The summed E-state index contributed by atoms with van der Waals surface area (Å²) >= 11 is 0. The molecule has 0 radical (unpaired) electrons. The van der Waals surface area contributed by atoms with Gasteiger partial charge in [0.25, 0.3) is 0 Å². The highest BCUT2D eigenvalue weighted by Crippen LogP contribution is 2.30. The molecule has 0 bridgehead atoms. The van der Waals surface area contributed by atoms with Gasteiger partial charge in [0.1, 0.15) is 18.0 Å². The van der Waals surface area contributed by atoms with Crippen molar-refractivity contribution in [2.45, 2.75) is 26.7 Å². The lowest BCUT2D eigenvalue weighted by Crippen LogP contribution is -2.44. The molecule has 1 N–H and O–H groups in total. The highest BCUT2D eigenvalue weighted by atomic mass is 15.3. The molecule has 3 rings (SSSR count). The number of piperazine rings is 1. The molecule has 128 valence electrons. The number of para-hydroxylation sites is 1. The molecule has 1 aliphatic heterocycles. The number of rotatable bonds is 4. The predicted octanol–water partition coefficient (Wildman–Crippen LogP) is 3.40. The Kier molecular flexibility index (Phi) is 5.00. The van der Waals surface area contributed by atoms with Gasteiger partial charge in [0.15, 0.2) is 0 Å². The van der Waals surface area contributed by atoms with Crippen LogP contribution < -0.4 is 10.2 Å². The highest BCUT2D eigenvalue weighted by molar-refractivity contribution is 5.66. The molecule has 0 aliphatic carbocycles. The molecule has 0 unspecified atom stereocenters. The lowest BCUT2D eigenvalue weighted by Gasteiger charge is -2.33. The molecule has 0 amide bonds. The summed E-state index contributed by atoms with van der Waals surface area (Å²) in [7, 11) is 2.16. The second kappa shape index (κ2) is 7.18. The molecule has 24 heavy (non-hydrogen) atoms. The molecule has 2 heterocycles. The summed E-state index contributed by atoms with van der Waals surface area (Å²) < 4.78 is 0. The predicted molar refractivity (Wildman–Crippen MR) is 100 cm³/mol. The first-order valence-corrected chi connectivity index (χ1v) is 8.66. The van der Waals surface area contributed by atoms with Gasteiger partial charge in [0, 0.05) is 37.9 Å². The van der Waals surface area contributed by atoms with E-state index in [0.29, 0.717) is 5.92 Å². The van der Waals surface area contributed by atoms with Crippen LogP contribution in [0.1, 0.15) is 30.9 Å². The Morgan fingerprint density at radius 1 is 1.08 bits per heavy atom. The van der Waals surface area contributed by atoms with Crippen LogP contribution in [0.2, 0.25) is 0 Å². The van der Waals surface area contributed by atoms with E-state index in [1.54, 1.807) is 6.33 Å². The molecule has 5 nitrogen and oxygen atoms in total. The third-order valence-corrected chi connectivity index (χ3v) is 4.66. The molecule has 2 aromatic rings. The SMILES string of the molecule is Cc1cccc(C(C)C)c1Nc1cc(N2CCN(C)CC2)ncn1. The fourth-order valence-corrected chi connectivity index (χ4v) is 3.09. The molecule has 1 aromatic carbocycles. The second-order valence-corrected chi connectivity index (χ2v) is 6.87. The molecule has 1 aromatic heterocycles. The number of hydrogen-bond acceptors (Lipinski definition) is 5. The van der Waals surface area contributed by atoms with Gasteiger partial charge in [-0.25, -0.2) is 9.97 Å². The Morgan fingerprint density at radius 2 is 1.83 bits per heavy atom. The van der Waals surface area contributed by atoms with E-state index in [-0.39, 0.29) is 0 Å². The van der Waals surface area contributed by atoms with Crippen molar-refractivity contribution in [3.63, 3.8) is 0 Å². The van der Waals surface area contributed by atoms with Gasteiger partial charge < -0.3 is 15.1 Å². The van der Waals surface area contributed by atoms with Crippen LogP contribution in [-0.4, -0.2) is 48.1 Å². The topological polar surface area (TPSA) is 44.3 Å². The fourth-order valence-electron chi connectivity index (χ4n) is 3.09. The van der Waals surface area contributed by atoms with Gasteiger partial charge in [-0.1, -0.05) is 32.0 Å². The molecular formula is C19H27N5. The third-order valence-electron chi connectivity index (χ3n) is 4.66. The first-order valence-electron chi connectivity index (χ1n) is 8.66. The number of aryl methyl sites for hydroxylation is 1. The molecule has 0 atom stereocenters. The summed E-state index contributed by atoms with van der Waals surface area (Å²) in [5, 5.41) is 3.52. The van der Waals surface area contributed by atoms with Crippen molar-refractivity contribution in [1.29, 1.82) is 0 Å². The van der Waals surface area contributed by atoms with Crippen LogP contribution in [0.3, 0.4) is 0 Å². The standard InChI is InChI=1S/C19H27N5/c1-14(2)16-7-5-6-15(3)19(16)22-17-12-18(21-13-20-17)24-10-8-23(4)9-11-24/h5-7,12-14H,8-11H2,1-4H3,(H,20,21,22). The fraction of sp³-hybridized carbons (Fsp3) is 0.474. The number of hydrogen-bond donors (Lipinski definition) is 1. The monoisotopic (exact) mass is 325 g/mol. The first kappa shape index (κ1) is 16.7. The molecule has 1 fully saturated rings. The lowest BCUT2D eigenvalue weighted by atomic mass is 9.98. The largest absolute Gasteiger partial charge is 0.354 e. The Bertz CT molecular complexity index is 690. The average Bonchev–Trinajstić information content (AvgIpc) is 2.57. The Labute approximate surface area is 144 Å². The van der Waals surface area contributed by atoms with E-state index in [0.717, 1.165) is 43.5 Å². The molecule has 0 spiro atoms. The number of nitrogens with zero attached hydrogens (tertiary/aromatic N) is 4. The van der Waals surface area contributed by atoms with Crippen molar-refractivity contribution in [3.05, 3.63) is 41.7 Å². The van der Waals surface area contributed by atoms with E-state index in [1.807, 2.05) is 0 Å². The van der Waals surface area contributed by atoms with Crippen LogP contribution in [0.4, 0.5) is 17.3 Å². The number of benzene rings is 1. The normalized spacial score (nSPS) is 15.8. The zero-order valence-corrected chi connectivity index (χ0v) is 15.1. The van der Waals surface area contributed by atoms with Crippen molar-refractivity contribution in [2.24, 2.45) is 0 Å². The van der Waals surface area contributed by atoms with E-state index in [1.165, 1.54) is 11.1 Å². The summed E-state index contributed by atoms with van der Waals surface area (Å²) in [6.07, 6.45) is 1.66. The van der Waals surface area contributed by atoms with Gasteiger partial charge in [-0.2, -0.15) is 0 Å². The van der Waals surface area contributed by atoms with Gasteiger partial charge in [-0.15, -0.1) is 0 Å². The van der Waals surface area contributed by atoms with Gasteiger partial charge in [0.05, 0.1) is 0 Å². The second-order valence-electron chi connectivity index (χ2n) is 6.87. The zero-order valence-electron chi connectivity index (χ0n) is 15.1. The summed E-state index contributed by atoms with van der Waals surface area (Å²) in [5.41, 5.74) is 3.71. The molecule has 1 saturated heterocycles. The minimum atomic E-state index is 0.464. The first-order chi connectivity index (χ1) is 11.5. The molecule has 5 heteroatoms. The molecule has 1 aliphatic rings. The van der Waals surface area contributed by atoms with Gasteiger partial charge in [-0.3, -0.25) is 0 Å². The smallest absolute Gasteiger partial charge is 0.135 e. The van der Waals surface area contributed by atoms with E-state index >= 15 is 0 Å². The van der Waals surface area contributed by atoms with E-state index < -0.39 is 0 Å². The van der Waals surface area contributed by atoms with Crippen molar-refractivity contribution >= 4 is 17.3 Å². The van der Waals surface area contributed by atoms with Crippen LogP contribution in [0.15, 0.2) is 30.6 Å².